The van der Waals surface area contributed by atoms with Gasteiger partial charge in [-0.05, 0) is 43.6 Å². The van der Waals surface area contributed by atoms with E-state index in [1.165, 1.54) is 49.2 Å². The second kappa shape index (κ2) is 8.47. The summed E-state index contributed by atoms with van der Waals surface area (Å²) in [5.74, 6) is 0.590. The minimum atomic E-state index is 0.464. The normalized spacial score (nSPS) is 15.7. The monoisotopic (exact) mass is 368 g/mol. The van der Waals surface area contributed by atoms with Gasteiger partial charge in [0.15, 0.2) is 0 Å². The fourth-order valence-corrected chi connectivity index (χ4v) is 4.23. The van der Waals surface area contributed by atoms with Crippen LogP contribution in [0.25, 0.3) is 10.8 Å². The molecule has 1 fully saturated rings. The molecule has 0 radical (unpaired) electrons. The van der Waals surface area contributed by atoms with Crippen LogP contribution in [0.5, 0.6) is 0 Å². The molecule has 0 spiro atoms. The van der Waals surface area contributed by atoms with Crippen molar-refractivity contribution in [2.45, 2.75) is 38.8 Å². The van der Waals surface area contributed by atoms with Gasteiger partial charge in [0.05, 0.1) is 4.88 Å². The summed E-state index contributed by atoms with van der Waals surface area (Å²) < 4.78 is 5.78. The molecule has 0 unspecified atom stereocenters. The van der Waals surface area contributed by atoms with Crippen LogP contribution in [0.3, 0.4) is 0 Å². The van der Waals surface area contributed by atoms with Crippen LogP contribution in [-0.4, -0.2) is 28.2 Å². The lowest BCUT2D eigenvalue weighted by molar-refractivity contribution is 0.279. The molecule has 1 aliphatic heterocycles. The highest BCUT2D eigenvalue weighted by Crippen LogP contribution is 2.29. The fourth-order valence-electron chi connectivity index (χ4n) is 3.26. The van der Waals surface area contributed by atoms with Crippen molar-refractivity contribution in [1.82, 2.24) is 15.1 Å². The van der Waals surface area contributed by atoms with E-state index in [4.69, 9.17) is 4.42 Å². The summed E-state index contributed by atoms with van der Waals surface area (Å²) in [4.78, 5) is 4.96. The smallest absolute Gasteiger partial charge is 0.316 e. The Morgan fingerprint density at radius 3 is 2.58 bits per heavy atom. The first-order chi connectivity index (χ1) is 12.9. The van der Waals surface area contributed by atoms with Crippen LogP contribution < -0.4 is 5.32 Å². The Morgan fingerprint density at radius 1 is 0.962 bits per heavy atom. The molecule has 0 bridgehead atoms. The fraction of sp³-hybridized carbons (Fsp3) is 0.400. The predicted octanol–water partition coefficient (Wildman–Crippen LogP) is 4.79. The Bertz CT molecular complexity index is 806. The third-order valence-electron chi connectivity index (χ3n) is 4.66. The summed E-state index contributed by atoms with van der Waals surface area (Å²) in [6.45, 7) is 4.12. The molecule has 1 saturated heterocycles. The van der Waals surface area contributed by atoms with Gasteiger partial charge >= 0.3 is 6.01 Å². The molecule has 0 saturated carbocycles. The molecule has 0 amide bonds. The standard InChI is InChI=1S/C20H24N4OS/c1-2-7-13-24(12-6-1)15-17-10-11-18(26-17)19-22-23-20(25-19)21-14-16-8-4-3-5-9-16/h3-5,8-11H,1-2,6-7,12-15H2,(H,21,23). The highest BCUT2D eigenvalue weighted by molar-refractivity contribution is 7.15. The van der Waals surface area contributed by atoms with E-state index in [1.807, 2.05) is 18.2 Å². The minimum Gasteiger partial charge on any atom is -0.403 e. The lowest BCUT2D eigenvalue weighted by Gasteiger charge is -2.18. The van der Waals surface area contributed by atoms with E-state index >= 15 is 0 Å². The summed E-state index contributed by atoms with van der Waals surface area (Å²) >= 11 is 1.75. The molecule has 26 heavy (non-hydrogen) atoms. The van der Waals surface area contributed by atoms with Crippen LogP contribution in [0, 0.1) is 0 Å². The maximum absolute atomic E-state index is 5.78. The first-order valence-electron chi connectivity index (χ1n) is 9.29. The number of nitrogens with zero attached hydrogens (tertiary/aromatic N) is 3. The van der Waals surface area contributed by atoms with Gasteiger partial charge in [-0.15, -0.1) is 16.4 Å². The molecule has 1 aliphatic rings. The zero-order valence-corrected chi connectivity index (χ0v) is 15.7. The highest BCUT2D eigenvalue weighted by atomic mass is 32.1. The lowest BCUT2D eigenvalue weighted by atomic mass is 10.2. The van der Waals surface area contributed by atoms with Crippen LogP contribution >= 0.6 is 11.3 Å². The summed E-state index contributed by atoms with van der Waals surface area (Å²) in [6.07, 6.45) is 5.37. The van der Waals surface area contributed by atoms with Crippen LogP contribution in [0.1, 0.15) is 36.1 Å². The third-order valence-corrected chi connectivity index (χ3v) is 5.72. The summed E-state index contributed by atoms with van der Waals surface area (Å²) in [5, 5.41) is 11.5. The second-order valence-electron chi connectivity index (χ2n) is 6.71. The van der Waals surface area contributed by atoms with Crippen molar-refractivity contribution < 1.29 is 4.42 Å². The summed E-state index contributed by atoms with van der Waals surface area (Å²) in [5.41, 5.74) is 1.18. The molecule has 1 N–H and O–H groups in total. The number of benzene rings is 1. The van der Waals surface area contributed by atoms with E-state index in [-0.39, 0.29) is 0 Å². The molecule has 3 aromatic rings. The predicted molar refractivity (Wildman–Crippen MR) is 105 cm³/mol. The highest BCUT2D eigenvalue weighted by Gasteiger charge is 2.14. The first-order valence-corrected chi connectivity index (χ1v) is 10.1. The Hall–Kier alpha value is -2.18. The average Bonchev–Trinajstić information content (AvgIpc) is 3.25. The number of thiophene rings is 1. The number of anilines is 1. The number of hydrogen-bond donors (Lipinski definition) is 1. The van der Waals surface area contributed by atoms with Gasteiger partial charge in [-0.1, -0.05) is 48.3 Å². The first kappa shape index (κ1) is 17.2. The Kier molecular flexibility index (Phi) is 5.62. The van der Waals surface area contributed by atoms with E-state index in [9.17, 15) is 0 Å². The molecular formula is C20H24N4OS. The molecule has 6 heteroatoms. The van der Waals surface area contributed by atoms with Gasteiger partial charge in [0, 0.05) is 18.0 Å². The molecule has 1 aromatic carbocycles. The quantitative estimate of drug-likeness (QED) is 0.678. The molecule has 2 aromatic heterocycles. The van der Waals surface area contributed by atoms with Gasteiger partial charge in [0.2, 0.25) is 0 Å². The number of rotatable bonds is 6. The zero-order chi connectivity index (χ0) is 17.6. The number of likely N-dealkylation sites (tertiary alicyclic amines) is 1. The van der Waals surface area contributed by atoms with E-state index in [0.717, 1.165) is 11.4 Å². The average molecular weight is 369 g/mol. The number of aromatic nitrogens is 2. The molecule has 0 aliphatic carbocycles. The Balaban J connectivity index is 1.36. The van der Waals surface area contributed by atoms with Gasteiger partial charge in [0.1, 0.15) is 0 Å². The van der Waals surface area contributed by atoms with Crippen molar-refractivity contribution in [3.05, 3.63) is 52.9 Å². The van der Waals surface area contributed by atoms with E-state index in [2.05, 4.69) is 44.7 Å². The molecule has 136 valence electrons. The van der Waals surface area contributed by atoms with Crippen LogP contribution in [0.2, 0.25) is 0 Å². The Labute approximate surface area is 158 Å². The SMILES string of the molecule is c1ccc(CNc2nnc(-c3ccc(CN4CCCCCC4)s3)o2)cc1. The van der Waals surface area contributed by atoms with E-state index in [0.29, 0.717) is 18.5 Å². The van der Waals surface area contributed by atoms with Crippen molar-refractivity contribution in [3.63, 3.8) is 0 Å². The minimum absolute atomic E-state index is 0.464. The van der Waals surface area contributed by atoms with Crippen molar-refractivity contribution in [1.29, 1.82) is 0 Å². The molecular weight excluding hydrogens is 344 g/mol. The maximum Gasteiger partial charge on any atom is 0.316 e. The van der Waals surface area contributed by atoms with Gasteiger partial charge in [-0.25, -0.2) is 0 Å². The molecule has 0 atom stereocenters. The van der Waals surface area contributed by atoms with E-state index < -0.39 is 0 Å². The van der Waals surface area contributed by atoms with Crippen molar-refractivity contribution in [2.75, 3.05) is 18.4 Å². The van der Waals surface area contributed by atoms with Crippen LogP contribution in [-0.2, 0) is 13.1 Å². The van der Waals surface area contributed by atoms with Crippen LogP contribution in [0.4, 0.5) is 6.01 Å². The van der Waals surface area contributed by atoms with Gasteiger partial charge in [0.25, 0.3) is 5.89 Å². The number of nitrogens with one attached hydrogen (secondary N) is 1. The maximum atomic E-state index is 5.78. The molecule has 5 nitrogen and oxygen atoms in total. The largest absolute Gasteiger partial charge is 0.403 e. The summed E-state index contributed by atoms with van der Waals surface area (Å²) in [6, 6.07) is 14.9. The molecule has 3 heterocycles. The lowest BCUT2D eigenvalue weighted by Crippen LogP contribution is -2.23. The molecule has 4 rings (SSSR count). The second-order valence-corrected chi connectivity index (χ2v) is 7.88. The van der Waals surface area contributed by atoms with Crippen LogP contribution in [0.15, 0.2) is 46.9 Å². The zero-order valence-electron chi connectivity index (χ0n) is 14.9. The van der Waals surface area contributed by atoms with Crippen molar-refractivity contribution in [3.8, 4) is 10.8 Å². The Morgan fingerprint density at radius 2 is 1.77 bits per heavy atom. The van der Waals surface area contributed by atoms with Gasteiger partial charge in [-0.3, -0.25) is 4.90 Å². The third kappa shape index (κ3) is 4.51. The van der Waals surface area contributed by atoms with Crippen molar-refractivity contribution >= 4 is 17.4 Å². The van der Waals surface area contributed by atoms with Gasteiger partial charge in [-0.2, -0.15) is 0 Å². The van der Waals surface area contributed by atoms with Gasteiger partial charge < -0.3 is 9.73 Å². The van der Waals surface area contributed by atoms with Crippen molar-refractivity contribution in [2.24, 2.45) is 0 Å². The number of hydrogen-bond acceptors (Lipinski definition) is 6. The van der Waals surface area contributed by atoms with E-state index in [1.54, 1.807) is 11.3 Å². The summed E-state index contributed by atoms with van der Waals surface area (Å²) in [7, 11) is 0. The topological polar surface area (TPSA) is 54.2 Å².